The highest BCUT2D eigenvalue weighted by molar-refractivity contribution is 7.80. The second-order valence-electron chi connectivity index (χ2n) is 4.26. The summed E-state index contributed by atoms with van der Waals surface area (Å²) in [6.45, 7) is 0.00742. The monoisotopic (exact) mass is 237 g/mol. The summed E-state index contributed by atoms with van der Waals surface area (Å²) in [6.07, 6.45) is 2.76. The van der Waals surface area contributed by atoms with E-state index in [-0.39, 0.29) is 12.5 Å². The highest BCUT2D eigenvalue weighted by atomic mass is 32.1. The van der Waals surface area contributed by atoms with Gasteiger partial charge in [-0.1, -0.05) is 12.1 Å². The molecule has 1 aliphatic rings. The first kappa shape index (κ1) is 11.5. The van der Waals surface area contributed by atoms with E-state index in [1.54, 1.807) is 18.2 Å². The minimum atomic E-state index is -0.396. The molecule has 0 aromatic heterocycles. The Balaban J connectivity index is 2.11. The van der Waals surface area contributed by atoms with Crippen LogP contribution in [0.2, 0.25) is 0 Å². The maximum absolute atomic E-state index is 12.0. The fourth-order valence-corrected chi connectivity index (χ4v) is 2.16. The van der Waals surface area contributed by atoms with Crippen molar-refractivity contribution < 1.29 is 9.90 Å². The van der Waals surface area contributed by atoms with Gasteiger partial charge in [-0.3, -0.25) is 4.79 Å². The van der Waals surface area contributed by atoms with E-state index in [4.69, 9.17) is 0 Å². The van der Waals surface area contributed by atoms with E-state index in [2.05, 4.69) is 17.9 Å². The van der Waals surface area contributed by atoms with Gasteiger partial charge in [0.15, 0.2) is 0 Å². The number of aliphatic hydroxyl groups excluding tert-OH is 1. The molecule has 3 nitrogen and oxygen atoms in total. The summed E-state index contributed by atoms with van der Waals surface area (Å²) >= 11 is 4.24. The van der Waals surface area contributed by atoms with E-state index in [1.165, 1.54) is 0 Å². The third kappa shape index (κ3) is 2.08. The van der Waals surface area contributed by atoms with Crippen LogP contribution in [0.3, 0.4) is 0 Å². The van der Waals surface area contributed by atoms with Crippen LogP contribution in [0.1, 0.15) is 29.6 Å². The van der Waals surface area contributed by atoms with Crippen molar-refractivity contribution in [3.8, 4) is 0 Å². The third-order valence-corrected chi connectivity index (χ3v) is 3.53. The molecule has 1 aromatic carbocycles. The van der Waals surface area contributed by atoms with Crippen LogP contribution in [0.15, 0.2) is 29.2 Å². The standard InChI is InChI=1S/C12H15NO2S/c14-8-12(6-3-7-12)13-11(15)9-4-1-2-5-10(9)16/h1-2,4-5,14,16H,3,6-8H2,(H,13,15). The normalized spacial score (nSPS) is 17.6. The van der Waals surface area contributed by atoms with Gasteiger partial charge in [-0.2, -0.15) is 0 Å². The van der Waals surface area contributed by atoms with Gasteiger partial charge in [0.25, 0.3) is 5.91 Å². The SMILES string of the molecule is O=C(NC1(CO)CCC1)c1ccccc1S. The molecule has 16 heavy (non-hydrogen) atoms. The molecule has 1 fully saturated rings. The number of hydrogen-bond acceptors (Lipinski definition) is 3. The summed E-state index contributed by atoms with van der Waals surface area (Å²) < 4.78 is 0. The highest BCUT2D eigenvalue weighted by Crippen LogP contribution is 2.31. The number of nitrogens with one attached hydrogen (secondary N) is 1. The fourth-order valence-electron chi connectivity index (χ4n) is 1.90. The molecule has 86 valence electrons. The van der Waals surface area contributed by atoms with Crippen molar-refractivity contribution in [1.29, 1.82) is 0 Å². The Morgan fingerprint density at radius 1 is 1.44 bits per heavy atom. The number of carbonyl (C=O) groups excluding carboxylic acids is 1. The number of amides is 1. The summed E-state index contributed by atoms with van der Waals surface area (Å²) in [5, 5.41) is 12.2. The zero-order valence-corrected chi connectivity index (χ0v) is 9.83. The lowest BCUT2D eigenvalue weighted by Gasteiger charge is -2.41. The molecule has 2 rings (SSSR count). The van der Waals surface area contributed by atoms with Gasteiger partial charge in [-0.15, -0.1) is 12.6 Å². The number of thiol groups is 1. The molecule has 0 radical (unpaired) electrons. The molecule has 0 bridgehead atoms. The number of carbonyl (C=O) groups is 1. The van der Waals surface area contributed by atoms with E-state index < -0.39 is 5.54 Å². The average Bonchev–Trinajstić information content (AvgIpc) is 2.24. The molecule has 0 atom stereocenters. The zero-order chi connectivity index (χ0) is 11.6. The van der Waals surface area contributed by atoms with Crippen molar-refractivity contribution >= 4 is 18.5 Å². The lowest BCUT2D eigenvalue weighted by Crippen LogP contribution is -2.56. The number of hydrogen-bond donors (Lipinski definition) is 3. The van der Waals surface area contributed by atoms with E-state index in [0.717, 1.165) is 19.3 Å². The largest absolute Gasteiger partial charge is 0.394 e. The fraction of sp³-hybridized carbons (Fsp3) is 0.417. The molecule has 2 N–H and O–H groups in total. The molecule has 0 unspecified atom stereocenters. The molecular formula is C12H15NO2S. The van der Waals surface area contributed by atoms with Crippen LogP contribution in [0, 0.1) is 0 Å². The predicted molar refractivity (Wildman–Crippen MR) is 64.8 cm³/mol. The molecule has 1 saturated carbocycles. The topological polar surface area (TPSA) is 49.3 Å². The summed E-state index contributed by atoms with van der Waals surface area (Å²) in [5.41, 5.74) is 0.165. The number of aliphatic hydroxyl groups is 1. The van der Waals surface area contributed by atoms with Gasteiger partial charge >= 0.3 is 0 Å². The molecule has 1 amide bonds. The Kier molecular flexibility index (Phi) is 3.21. The number of benzene rings is 1. The van der Waals surface area contributed by atoms with Crippen LogP contribution in [0.25, 0.3) is 0 Å². The van der Waals surface area contributed by atoms with Gasteiger partial charge in [0, 0.05) is 4.90 Å². The molecule has 0 heterocycles. The van der Waals surface area contributed by atoms with E-state index in [0.29, 0.717) is 10.5 Å². The van der Waals surface area contributed by atoms with Gasteiger partial charge in [0.2, 0.25) is 0 Å². The Labute approximate surface area is 100 Å². The highest BCUT2D eigenvalue weighted by Gasteiger charge is 2.37. The Morgan fingerprint density at radius 2 is 2.12 bits per heavy atom. The molecule has 0 spiro atoms. The summed E-state index contributed by atoms with van der Waals surface area (Å²) in [7, 11) is 0. The van der Waals surface area contributed by atoms with Gasteiger partial charge in [-0.05, 0) is 31.4 Å². The van der Waals surface area contributed by atoms with Gasteiger partial charge in [0.05, 0.1) is 17.7 Å². The van der Waals surface area contributed by atoms with Crippen molar-refractivity contribution in [3.63, 3.8) is 0 Å². The molecule has 0 aliphatic heterocycles. The van der Waals surface area contributed by atoms with Gasteiger partial charge in [0.1, 0.15) is 0 Å². The van der Waals surface area contributed by atoms with Gasteiger partial charge < -0.3 is 10.4 Å². The Bertz CT molecular complexity index is 396. The minimum absolute atomic E-state index is 0.00742. The van der Waals surface area contributed by atoms with Crippen LogP contribution in [-0.4, -0.2) is 23.2 Å². The summed E-state index contributed by atoms with van der Waals surface area (Å²) in [6, 6.07) is 7.16. The van der Waals surface area contributed by atoms with E-state index >= 15 is 0 Å². The Morgan fingerprint density at radius 3 is 2.62 bits per heavy atom. The van der Waals surface area contributed by atoms with Crippen molar-refractivity contribution in [2.45, 2.75) is 29.7 Å². The van der Waals surface area contributed by atoms with Crippen LogP contribution in [0.4, 0.5) is 0 Å². The first-order valence-corrected chi connectivity index (χ1v) is 5.83. The second-order valence-corrected chi connectivity index (χ2v) is 4.75. The zero-order valence-electron chi connectivity index (χ0n) is 8.94. The molecule has 1 aliphatic carbocycles. The van der Waals surface area contributed by atoms with Crippen molar-refractivity contribution in [3.05, 3.63) is 29.8 Å². The van der Waals surface area contributed by atoms with Crippen molar-refractivity contribution in [2.75, 3.05) is 6.61 Å². The number of rotatable bonds is 3. The Hall–Kier alpha value is -1.00. The summed E-state index contributed by atoms with van der Waals surface area (Å²) in [4.78, 5) is 12.6. The average molecular weight is 237 g/mol. The first-order chi connectivity index (χ1) is 7.67. The minimum Gasteiger partial charge on any atom is -0.394 e. The van der Waals surface area contributed by atoms with E-state index in [9.17, 15) is 9.90 Å². The lowest BCUT2D eigenvalue weighted by molar-refractivity contribution is 0.0639. The maximum Gasteiger partial charge on any atom is 0.252 e. The predicted octanol–water partition coefficient (Wildman–Crippen LogP) is 1.62. The van der Waals surface area contributed by atoms with Crippen LogP contribution in [0.5, 0.6) is 0 Å². The van der Waals surface area contributed by atoms with Crippen LogP contribution in [-0.2, 0) is 0 Å². The third-order valence-electron chi connectivity index (χ3n) is 3.14. The second kappa shape index (κ2) is 4.47. The smallest absolute Gasteiger partial charge is 0.252 e. The molecule has 1 aromatic rings. The lowest BCUT2D eigenvalue weighted by atomic mass is 9.77. The first-order valence-electron chi connectivity index (χ1n) is 5.38. The van der Waals surface area contributed by atoms with Crippen LogP contribution < -0.4 is 5.32 Å². The maximum atomic E-state index is 12.0. The van der Waals surface area contributed by atoms with Gasteiger partial charge in [-0.25, -0.2) is 0 Å². The van der Waals surface area contributed by atoms with Crippen molar-refractivity contribution in [1.82, 2.24) is 5.32 Å². The van der Waals surface area contributed by atoms with Crippen LogP contribution >= 0.6 is 12.6 Å². The molecule has 4 heteroatoms. The quantitative estimate of drug-likeness (QED) is 0.700. The van der Waals surface area contributed by atoms with E-state index in [1.807, 2.05) is 6.07 Å². The molecule has 0 saturated heterocycles. The van der Waals surface area contributed by atoms with Crippen molar-refractivity contribution in [2.24, 2.45) is 0 Å². The summed E-state index contributed by atoms with van der Waals surface area (Å²) in [5.74, 6) is -0.153. The molecular weight excluding hydrogens is 222 g/mol.